The van der Waals surface area contributed by atoms with E-state index in [9.17, 15) is 14.4 Å². The van der Waals surface area contributed by atoms with E-state index in [0.717, 1.165) is 17.0 Å². The van der Waals surface area contributed by atoms with Gasteiger partial charge in [0, 0.05) is 38.1 Å². The van der Waals surface area contributed by atoms with Gasteiger partial charge in [0.15, 0.2) is 0 Å². The molecule has 33 heavy (non-hydrogen) atoms. The van der Waals surface area contributed by atoms with Crippen LogP contribution in [0.15, 0.2) is 42.5 Å². The lowest BCUT2D eigenvalue weighted by molar-refractivity contribution is -0.139. The third kappa shape index (κ3) is 4.45. The number of hydrogen-bond donors (Lipinski definition) is 0. The zero-order chi connectivity index (χ0) is 23.8. The Bertz CT molecular complexity index is 1080. The largest absolute Gasteiger partial charge is 0.497 e. The van der Waals surface area contributed by atoms with Gasteiger partial charge in [-0.2, -0.15) is 0 Å². The van der Waals surface area contributed by atoms with E-state index >= 15 is 0 Å². The number of carbonyl (C=O) groups is 3. The molecule has 0 aliphatic carbocycles. The first-order valence-corrected chi connectivity index (χ1v) is 11.4. The zero-order valence-electron chi connectivity index (χ0n) is 19.8. The summed E-state index contributed by atoms with van der Waals surface area (Å²) >= 11 is 0. The summed E-state index contributed by atoms with van der Waals surface area (Å²) in [6, 6.07) is 13.1. The summed E-state index contributed by atoms with van der Waals surface area (Å²) in [4.78, 5) is 44.3. The third-order valence-electron chi connectivity index (χ3n) is 6.28. The van der Waals surface area contributed by atoms with Gasteiger partial charge in [0.25, 0.3) is 11.8 Å². The highest BCUT2D eigenvalue weighted by molar-refractivity contribution is 6.23. The minimum absolute atomic E-state index is 0.135. The predicted molar refractivity (Wildman–Crippen MR) is 127 cm³/mol. The molecule has 0 aromatic heterocycles. The second-order valence-corrected chi connectivity index (χ2v) is 9.59. The van der Waals surface area contributed by atoms with E-state index in [-0.39, 0.29) is 17.7 Å². The molecule has 7 nitrogen and oxygen atoms in total. The maximum Gasteiger partial charge on any atom is 0.263 e. The topological polar surface area (TPSA) is 70.2 Å². The maximum atomic E-state index is 13.3. The molecule has 2 aromatic carbocycles. The monoisotopic (exact) mass is 449 g/mol. The predicted octanol–water partition coefficient (Wildman–Crippen LogP) is 3.23. The van der Waals surface area contributed by atoms with Crippen molar-refractivity contribution in [1.29, 1.82) is 0 Å². The molecule has 4 rings (SSSR count). The number of imide groups is 1. The fraction of sp³-hybridized carbons (Fsp3) is 0.423. The van der Waals surface area contributed by atoms with Crippen LogP contribution in [0.1, 0.15) is 47.1 Å². The molecule has 0 unspecified atom stereocenters. The van der Waals surface area contributed by atoms with Crippen LogP contribution in [0.4, 0.5) is 5.69 Å². The molecule has 2 aromatic rings. The van der Waals surface area contributed by atoms with Gasteiger partial charge in [-0.15, -0.1) is 0 Å². The quantitative estimate of drug-likeness (QED) is 0.656. The van der Waals surface area contributed by atoms with Crippen LogP contribution in [-0.4, -0.2) is 67.4 Å². The van der Waals surface area contributed by atoms with Crippen LogP contribution < -0.4 is 9.64 Å². The summed E-state index contributed by atoms with van der Waals surface area (Å²) in [6.45, 7) is 8.55. The van der Waals surface area contributed by atoms with Crippen molar-refractivity contribution < 1.29 is 19.1 Å². The van der Waals surface area contributed by atoms with Crippen molar-refractivity contribution >= 4 is 23.4 Å². The summed E-state index contributed by atoms with van der Waals surface area (Å²) in [6.07, 6.45) is 0.561. The molecule has 2 aliphatic rings. The van der Waals surface area contributed by atoms with Crippen molar-refractivity contribution in [2.45, 2.75) is 27.2 Å². The highest BCUT2D eigenvalue weighted by Crippen LogP contribution is 2.33. The summed E-state index contributed by atoms with van der Waals surface area (Å²) in [5, 5.41) is 0. The third-order valence-corrected chi connectivity index (χ3v) is 6.28. The van der Waals surface area contributed by atoms with Gasteiger partial charge in [0.05, 0.1) is 23.9 Å². The summed E-state index contributed by atoms with van der Waals surface area (Å²) in [5.74, 6) is 0.389. The average Bonchev–Trinajstić information content (AvgIpc) is 3.06. The Morgan fingerprint density at radius 2 is 1.67 bits per heavy atom. The molecular weight excluding hydrogens is 418 g/mol. The highest BCUT2D eigenvalue weighted by atomic mass is 16.5. The van der Waals surface area contributed by atoms with Gasteiger partial charge in [-0.1, -0.05) is 39.0 Å². The molecule has 2 heterocycles. The lowest BCUT2D eigenvalue weighted by Crippen LogP contribution is -2.52. The van der Waals surface area contributed by atoms with Gasteiger partial charge in [0.1, 0.15) is 5.75 Å². The van der Waals surface area contributed by atoms with Crippen molar-refractivity contribution in [2.75, 3.05) is 44.7 Å². The maximum absolute atomic E-state index is 13.3. The lowest BCUT2D eigenvalue weighted by atomic mass is 9.94. The van der Waals surface area contributed by atoms with Gasteiger partial charge in [0.2, 0.25) is 5.91 Å². The minimum Gasteiger partial charge on any atom is -0.497 e. The Hall–Kier alpha value is -3.35. The Morgan fingerprint density at radius 3 is 2.33 bits per heavy atom. The number of nitrogens with zero attached hydrogens (tertiary/aromatic N) is 3. The molecule has 1 fully saturated rings. The Labute approximate surface area is 194 Å². The second-order valence-electron chi connectivity index (χ2n) is 9.59. The summed E-state index contributed by atoms with van der Waals surface area (Å²) in [7, 11) is 1.61. The Kier molecular flexibility index (Phi) is 6.15. The molecule has 1 saturated heterocycles. The van der Waals surface area contributed by atoms with Crippen molar-refractivity contribution in [1.82, 2.24) is 9.80 Å². The fourth-order valence-corrected chi connectivity index (χ4v) is 4.48. The SMILES string of the molecule is COc1cccc(CCN2C(=O)c3cccc(N4CCN(C(=O)C(C)(C)C)CC4)c3C2=O)c1. The van der Waals surface area contributed by atoms with E-state index in [0.29, 0.717) is 50.3 Å². The van der Waals surface area contributed by atoms with Gasteiger partial charge in [-0.3, -0.25) is 19.3 Å². The standard InChI is InChI=1S/C26H31N3O4/c1-26(2,3)25(32)28-15-13-27(14-16-28)21-10-6-9-20-22(21)24(31)29(23(20)30)12-11-18-7-5-8-19(17-18)33-4/h5-10,17H,11-16H2,1-4H3. The second kappa shape index (κ2) is 8.89. The van der Waals surface area contributed by atoms with E-state index in [1.54, 1.807) is 13.2 Å². The van der Waals surface area contributed by atoms with E-state index in [2.05, 4.69) is 4.90 Å². The number of hydrogen-bond acceptors (Lipinski definition) is 5. The molecule has 0 radical (unpaired) electrons. The first-order valence-electron chi connectivity index (χ1n) is 11.4. The van der Waals surface area contributed by atoms with Crippen LogP contribution in [0.25, 0.3) is 0 Å². The Balaban J connectivity index is 1.49. The Morgan fingerprint density at radius 1 is 0.970 bits per heavy atom. The van der Waals surface area contributed by atoms with Crippen LogP contribution in [0.5, 0.6) is 5.75 Å². The van der Waals surface area contributed by atoms with E-state index in [1.807, 2.05) is 62.1 Å². The van der Waals surface area contributed by atoms with Crippen LogP contribution in [0, 0.1) is 5.41 Å². The molecule has 0 atom stereocenters. The number of amides is 3. The molecule has 174 valence electrons. The average molecular weight is 450 g/mol. The number of methoxy groups -OCH3 is 1. The van der Waals surface area contributed by atoms with Crippen molar-refractivity contribution in [3.05, 3.63) is 59.2 Å². The highest BCUT2D eigenvalue weighted by Gasteiger charge is 2.39. The van der Waals surface area contributed by atoms with Crippen molar-refractivity contribution in [3.63, 3.8) is 0 Å². The normalized spacial score (nSPS) is 16.3. The summed E-state index contributed by atoms with van der Waals surface area (Å²) in [5.41, 5.74) is 2.30. The van der Waals surface area contributed by atoms with Gasteiger partial charge >= 0.3 is 0 Å². The van der Waals surface area contributed by atoms with Gasteiger partial charge in [-0.25, -0.2) is 0 Å². The van der Waals surface area contributed by atoms with Gasteiger partial charge < -0.3 is 14.5 Å². The van der Waals surface area contributed by atoms with Crippen LogP contribution in [0.3, 0.4) is 0 Å². The van der Waals surface area contributed by atoms with Crippen LogP contribution in [-0.2, 0) is 11.2 Å². The van der Waals surface area contributed by atoms with Gasteiger partial charge in [-0.05, 0) is 36.2 Å². The fourth-order valence-electron chi connectivity index (χ4n) is 4.48. The molecule has 0 bridgehead atoms. The van der Waals surface area contributed by atoms with E-state index in [4.69, 9.17) is 4.74 Å². The number of piperazine rings is 1. The smallest absolute Gasteiger partial charge is 0.263 e. The molecule has 2 aliphatic heterocycles. The first-order chi connectivity index (χ1) is 15.7. The van der Waals surface area contributed by atoms with Crippen LogP contribution in [0.2, 0.25) is 0 Å². The number of anilines is 1. The first kappa shape index (κ1) is 22.8. The zero-order valence-corrected chi connectivity index (χ0v) is 19.8. The number of benzene rings is 2. The van der Waals surface area contributed by atoms with Crippen molar-refractivity contribution in [3.8, 4) is 5.75 Å². The van der Waals surface area contributed by atoms with Crippen molar-refractivity contribution in [2.24, 2.45) is 5.41 Å². The number of carbonyl (C=O) groups excluding carboxylic acids is 3. The summed E-state index contributed by atoms with van der Waals surface area (Å²) < 4.78 is 5.27. The van der Waals surface area contributed by atoms with E-state index in [1.165, 1.54) is 4.90 Å². The lowest BCUT2D eigenvalue weighted by Gasteiger charge is -2.39. The number of fused-ring (bicyclic) bond motifs is 1. The number of ether oxygens (including phenoxy) is 1. The minimum atomic E-state index is -0.415. The van der Waals surface area contributed by atoms with E-state index < -0.39 is 5.41 Å². The molecular formula is C26H31N3O4. The molecule has 0 spiro atoms. The molecule has 3 amide bonds. The molecule has 0 N–H and O–H groups in total. The van der Waals surface area contributed by atoms with Crippen LogP contribution >= 0.6 is 0 Å². The number of rotatable bonds is 5. The molecule has 7 heteroatoms. The molecule has 0 saturated carbocycles.